The van der Waals surface area contributed by atoms with Gasteiger partial charge in [0.15, 0.2) is 0 Å². The van der Waals surface area contributed by atoms with Crippen LogP contribution in [0.5, 0.6) is 0 Å². The van der Waals surface area contributed by atoms with Crippen molar-refractivity contribution in [3.63, 3.8) is 0 Å². The number of amides is 3. The molecule has 0 aliphatic rings. The second-order valence-electron chi connectivity index (χ2n) is 4.34. The molecule has 0 saturated carbocycles. The van der Waals surface area contributed by atoms with Crippen molar-refractivity contribution >= 4 is 46.5 Å². The van der Waals surface area contributed by atoms with Crippen molar-refractivity contribution in [2.75, 3.05) is 17.7 Å². The topological polar surface area (TPSA) is 70.2 Å². The molecule has 0 unspecified atom stereocenters. The number of benzene rings is 2. The van der Waals surface area contributed by atoms with Crippen molar-refractivity contribution in [2.24, 2.45) is 0 Å². The number of hydrogen-bond acceptors (Lipinski definition) is 2. The summed E-state index contributed by atoms with van der Waals surface area (Å²) in [6.07, 6.45) is 0. The molecule has 0 aliphatic carbocycles. The zero-order valence-electron chi connectivity index (χ0n) is 11.6. The van der Waals surface area contributed by atoms with Crippen molar-refractivity contribution in [3.8, 4) is 0 Å². The predicted molar refractivity (Wildman–Crippen MR) is 88.9 cm³/mol. The molecule has 0 saturated heterocycles. The molecule has 2 aromatic rings. The minimum absolute atomic E-state index is 0.196. The van der Waals surface area contributed by atoms with Crippen LogP contribution in [0.1, 0.15) is 10.4 Å². The van der Waals surface area contributed by atoms with Crippen LogP contribution < -0.4 is 16.0 Å². The fraction of sp³-hybridized carbons (Fsp3) is 0.0667. The highest BCUT2D eigenvalue weighted by atomic mass is 35.5. The first-order valence-electron chi connectivity index (χ1n) is 6.35. The van der Waals surface area contributed by atoms with Gasteiger partial charge in [-0.25, -0.2) is 4.79 Å². The van der Waals surface area contributed by atoms with Gasteiger partial charge in [0.1, 0.15) is 0 Å². The molecule has 0 aliphatic heterocycles. The SMILES string of the molecule is CNC(=O)Nc1cccc(NC(=O)c2cccc(Cl)c2Cl)c1. The van der Waals surface area contributed by atoms with Gasteiger partial charge in [-0.05, 0) is 30.3 Å². The Balaban J connectivity index is 2.16. The Bertz CT molecular complexity index is 720. The molecule has 5 nitrogen and oxygen atoms in total. The van der Waals surface area contributed by atoms with Crippen LogP contribution in [0.25, 0.3) is 0 Å². The molecule has 7 heteroatoms. The third-order valence-corrected chi connectivity index (χ3v) is 3.62. The van der Waals surface area contributed by atoms with Crippen LogP contribution in [-0.2, 0) is 0 Å². The zero-order valence-corrected chi connectivity index (χ0v) is 13.1. The summed E-state index contributed by atoms with van der Waals surface area (Å²) < 4.78 is 0. The second-order valence-corrected chi connectivity index (χ2v) is 5.13. The van der Waals surface area contributed by atoms with E-state index in [9.17, 15) is 9.59 Å². The smallest absolute Gasteiger partial charge is 0.318 e. The van der Waals surface area contributed by atoms with Crippen LogP contribution in [0.15, 0.2) is 42.5 Å². The first-order chi connectivity index (χ1) is 10.5. The van der Waals surface area contributed by atoms with Crippen molar-refractivity contribution in [1.82, 2.24) is 5.32 Å². The number of rotatable bonds is 3. The van der Waals surface area contributed by atoms with Crippen molar-refractivity contribution in [1.29, 1.82) is 0 Å². The minimum Gasteiger partial charge on any atom is -0.341 e. The highest BCUT2D eigenvalue weighted by Crippen LogP contribution is 2.26. The van der Waals surface area contributed by atoms with Gasteiger partial charge in [-0.1, -0.05) is 35.3 Å². The molecule has 2 rings (SSSR count). The van der Waals surface area contributed by atoms with Gasteiger partial charge in [0, 0.05) is 18.4 Å². The van der Waals surface area contributed by atoms with Crippen molar-refractivity contribution in [2.45, 2.75) is 0 Å². The average molecular weight is 338 g/mol. The van der Waals surface area contributed by atoms with E-state index in [1.807, 2.05) is 0 Å². The molecule has 0 spiro atoms. The molecule has 0 radical (unpaired) electrons. The molecule has 0 aromatic heterocycles. The first-order valence-corrected chi connectivity index (χ1v) is 7.11. The third kappa shape index (κ3) is 3.90. The summed E-state index contributed by atoms with van der Waals surface area (Å²) in [5, 5.41) is 8.27. The van der Waals surface area contributed by atoms with Gasteiger partial charge in [0.25, 0.3) is 5.91 Å². The Labute approximate surface area is 137 Å². The molecule has 0 heterocycles. The number of anilines is 2. The maximum atomic E-state index is 12.2. The second kappa shape index (κ2) is 7.15. The summed E-state index contributed by atoms with van der Waals surface area (Å²) in [6.45, 7) is 0. The zero-order chi connectivity index (χ0) is 16.1. The molecule has 114 valence electrons. The Morgan fingerprint density at radius 3 is 2.27 bits per heavy atom. The number of carbonyl (C=O) groups is 2. The maximum absolute atomic E-state index is 12.2. The maximum Gasteiger partial charge on any atom is 0.318 e. The lowest BCUT2D eigenvalue weighted by Gasteiger charge is -2.10. The van der Waals surface area contributed by atoms with Crippen LogP contribution in [0.3, 0.4) is 0 Å². The average Bonchev–Trinajstić information content (AvgIpc) is 2.50. The van der Waals surface area contributed by atoms with Crippen molar-refractivity contribution in [3.05, 3.63) is 58.1 Å². The van der Waals surface area contributed by atoms with Gasteiger partial charge in [0.2, 0.25) is 0 Å². The number of hydrogen-bond donors (Lipinski definition) is 3. The van der Waals surface area contributed by atoms with Crippen LogP contribution in [-0.4, -0.2) is 19.0 Å². The molecule has 22 heavy (non-hydrogen) atoms. The quantitative estimate of drug-likeness (QED) is 0.792. The highest BCUT2D eigenvalue weighted by molar-refractivity contribution is 6.44. The summed E-state index contributed by atoms with van der Waals surface area (Å²) in [7, 11) is 1.52. The summed E-state index contributed by atoms with van der Waals surface area (Å²) >= 11 is 11.9. The van der Waals surface area contributed by atoms with Crippen LogP contribution in [0.4, 0.5) is 16.2 Å². The minimum atomic E-state index is -0.385. The van der Waals surface area contributed by atoms with E-state index in [0.29, 0.717) is 16.4 Å². The number of urea groups is 1. The van der Waals surface area contributed by atoms with E-state index in [0.717, 1.165) is 0 Å². The van der Waals surface area contributed by atoms with Gasteiger partial charge in [-0.3, -0.25) is 4.79 Å². The lowest BCUT2D eigenvalue weighted by atomic mass is 10.2. The first kappa shape index (κ1) is 16.1. The molecular weight excluding hydrogens is 325 g/mol. The lowest BCUT2D eigenvalue weighted by molar-refractivity contribution is 0.102. The lowest BCUT2D eigenvalue weighted by Crippen LogP contribution is -2.24. The molecule has 0 bridgehead atoms. The molecule has 0 atom stereocenters. The number of halogens is 2. The van der Waals surface area contributed by atoms with Gasteiger partial charge >= 0.3 is 6.03 Å². The Hall–Kier alpha value is -2.24. The van der Waals surface area contributed by atoms with Gasteiger partial charge in [0.05, 0.1) is 15.6 Å². The summed E-state index contributed by atoms with van der Waals surface area (Å²) in [6, 6.07) is 11.2. The molecule has 3 N–H and O–H groups in total. The molecular formula is C15H13Cl2N3O2. The van der Waals surface area contributed by atoms with Crippen LogP contribution in [0.2, 0.25) is 10.0 Å². The summed E-state index contributed by atoms with van der Waals surface area (Å²) in [5.41, 5.74) is 1.35. The summed E-state index contributed by atoms with van der Waals surface area (Å²) in [4.78, 5) is 23.5. The van der Waals surface area contributed by atoms with E-state index < -0.39 is 0 Å². The standard InChI is InChI=1S/C15H13Cl2N3O2/c1-18-15(22)20-10-5-2-4-9(8-10)19-14(21)11-6-3-7-12(16)13(11)17/h2-8H,1H3,(H,19,21)(H2,18,20,22). The Kier molecular flexibility index (Phi) is 5.25. The van der Waals surface area contributed by atoms with E-state index in [-0.39, 0.29) is 22.5 Å². The fourth-order valence-electron chi connectivity index (χ4n) is 1.75. The van der Waals surface area contributed by atoms with E-state index in [4.69, 9.17) is 23.2 Å². The van der Waals surface area contributed by atoms with Crippen LogP contribution in [0, 0.1) is 0 Å². The summed E-state index contributed by atoms with van der Waals surface area (Å²) in [5.74, 6) is -0.385. The third-order valence-electron chi connectivity index (χ3n) is 2.80. The number of nitrogens with one attached hydrogen (secondary N) is 3. The predicted octanol–water partition coefficient (Wildman–Crippen LogP) is 4.00. The fourth-order valence-corrected chi connectivity index (χ4v) is 2.13. The van der Waals surface area contributed by atoms with E-state index in [1.165, 1.54) is 7.05 Å². The molecule has 0 fully saturated rings. The normalized spacial score (nSPS) is 9.95. The van der Waals surface area contributed by atoms with Crippen molar-refractivity contribution < 1.29 is 9.59 Å². The van der Waals surface area contributed by atoms with E-state index >= 15 is 0 Å². The molecule has 2 aromatic carbocycles. The van der Waals surface area contributed by atoms with E-state index in [1.54, 1.807) is 42.5 Å². The van der Waals surface area contributed by atoms with E-state index in [2.05, 4.69) is 16.0 Å². The highest BCUT2D eigenvalue weighted by Gasteiger charge is 2.13. The van der Waals surface area contributed by atoms with Gasteiger partial charge < -0.3 is 16.0 Å². The van der Waals surface area contributed by atoms with Gasteiger partial charge in [-0.2, -0.15) is 0 Å². The Morgan fingerprint density at radius 1 is 0.955 bits per heavy atom. The largest absolute Gasteiger partial charge is 0.341 e. The van der Waals surface area contributed by atoms with Gasteiger partial charge in [-0.15, -0.1) is 0 Å². The van der Waals surface area contributed by atoms with Crippen LogP contribution >= 0.6 is 23.2 Å². The Morgan fingerprint density at radius 2 is 1.59 bits per heavy atom. The number of carbonyl (C=O) groups excluding carboxylic acids is 2. The molecule has 3 amide bonds. The monoisotopic (exact) mass is 337 g/mol.